The van der Waals surface area contributed by atoms with Crippen LogP contribution in [0.3, 0.4) is 0 Å². The Morgan fingerprint density at radius 2 is 1.77 bits per heavy atom. The average Bonchev–Trinajstić information content (AvgIpc) is 2.83. The molecule has 0 spiro atoms. The van der Waals surface area contributed by atoms with Crippen LogP contribution >= 0.6 is 0 Å². The number of benzene rings is 2. The maximum atomic E-state index is 13.8. The monoisotopic (exact) mass is 479 g/mol. The predicted octanol–water partition coefficient (Wildman–Crippen LogP) is 5.15. The van der Waals surface area contributed by atoms with Crippen LogP contribution in [0, 0.1) is 5.41 Å². The van der Waals surface area contributed by atoms with E-state index in [-0.39, 0.29) is 22.9 Å². The van der Waals surface area contributed by atoms with Crippen LogP contribution in [-0.2, 0) is 9.53 Å². The lowest BCUT2D eigenvalue weighted by molar-refractivity contribution is -0.136. The summed E-state index contributed by atoms with van der Waals surface area (Å²) in [4.78, 5) is 34.2. The van der Waals surface area contributed by atoms with Crippen molar-refractivity contribution in [3.05, 3.63) is 64.7 Å². The van der Waals surface area contributed by atoms with Crippen molar-refractivity contribution < 1.29 is 14.3 Å². The van der Waals surface area contributed by atoms with Gasteiger partial charge in [-0.25, -0.2) is 4.98 Å². The predicted molar refractivity (Wildman–Crippen MR) is 139 cm³/mol. The van der Waals surface area contributed by atoms with Crippen molar-refractivity contribution in [3.8, 4) is 11.4 Å². The van der Waals surface area contributed by atoms with Crippen LogP contribution in [-0.4, -0.2) is 47.7 Å². The summed E-state index contributed by atoms with van der Waals surface area (Å²) < 4.78 is 12.2. The number of hydrogen-bond donors (Lipinski definition) is 0. The van der Waals surface area contributed by atoms with E-state index in [0.717, 1.165) is 0 Å². The van der Waals surface area contributed by atoms with E-state index in [0.29, 0.717) is 60.6 Å². The molecule has 1 unspecified atom stereocenters. The van der Waals surface area contributed by atoms with Gasteiger partial charge in [-0.15, -0.1) is 0 Å². The van der Waals surface area contributed by atoms with E-state index < -0.39 is 0 Å². The zero-order valence-corrected chi connectivity index (χ0v) is 21.7. The number of carbonyl (C=O) groups excluding carboxylic acids is 1. The molecule has 188 valence electrons. The molecule has 0 aliphatic carbocycles. The van der Waals surface area contributed by atoms with Gasteiger partial charge in [0.1, 0.15) is 11.6 Å². The zero-order valence-electron chi connectivity index (χ0n) is 21.7. The second kappa shape index (κ2) is 11.5. The zero-order chi connectivity index (χ0) is 25.6. The maximum Gasteiger partial charge on any atom is 0.266 e. The Kier molecular flexibility index (Phi) is 8.67. The molecule has 3 aromatic rings. The highest BCUT2D eigenvalue weighted by Crippen LogP contribution is 2.30. The minimum atomic E-state index is -0.374. The lowest BCUT2D eigenvalue weighted by atomic mass is 9.91. The SMILES string of the molecule is CCC(c1nc2ccccc2c(=O)n1-c1ccc(OC)cc1)N(CCCOC)C(=O)CC(C)(C)C. The Hall–Kier alpha value is -3.19. The van der Waals surface area contributed by atoms with Crippen LogP contribution in [0.1, 0.15) is 58.8 Å². The standard InChI is InChI=1S/C28H37N3O4/c1-7-24(30(17-10-18-34-5)25(32)19-28(2,3)4)26-29-23-12-9-8-11-22(23)27(33)31(26)20-13-15-21(35-6)16-14-20/h8-9,11-16,24H,7,10,17-19H2,1-6H3. The molecule has 0 aliphatic rings. The van der Waals surface area contributed by atoms with Gasteiger partial charge in [0, 0.05) is 26.7 Å². The molecule has 2 aromatic carbocycles. The van der Waals surface area contributed by atoms with Crippen LogP contribution in [0.5, 0.6) is 5.75 Å². The van der Waals surface area contributed by atoms with E-state index >= 15 is 0 Å². The van der Waals surface area contributed by atoms with Crippen LogP contribution in [0.15, 0.2) is 53.3 Å². The van der Waals surface area contributed by atoms with Gasteiger partial charge < -0.3 is 14.4 Å². The number of ether oxygens (including phenoxy) is 2. The summed E-state index contributed by atoms with van der Waals surface area (Å²) in [5.41, 5.74) is 0.981. The Morgan fingerprint density at radius 1 is 1.09 bits per heavy atom. The van der Waals surface area contributed by atoms with E-state index in [1.807, 2.05) is 54.3 Å². The fourth-order valence-corrected chi connectivity index (χ4v) is 4.29. The fourth-order valence-electron chi connectivity index (χ4n) is 4.29. The molecule has 0 radical (unpaired) electrons. The third-order valence-corrected chi connectivity index (χ3v) is 5.94. The minimum Gasteiger partial charge on any atom is -0.497 e. The highest BCUT2D eigenvalue weighted by atomic mass is 16.5. The topological polar surface area (TPSA) is 73.7 Å². The Balaban J connectivity index is 2.22. The summed E-state index contributed by atoms with van der Waals surface area (Å²) in [6.07, 6.45) is 1.71. The lowest BCUT2D eigenvalue weighted by Crippen LogP contribution is -2.40. The second-order valence-corrected chi connectivity index (χ2v) is 9.92. The van der Waals surface area contributed by atoms with Gasteiger partial charge in [0.25, 0.3) is 5.56 Å². The van der Waals surface area contributed by atoms with Crippen LogP contribution in [0.2, 0.25) is 0 Å². The summed E-state index contributed by atoms with van der Waals surface area (Å²) in [5, 5.41) is 0.536. The normalized spacial score (nSPS) is 12.5. The van der Waals surface area contributed by atoms with Crippen molar-refractivity contribution in [2.75, 3.05) is 27.4 Å². The number of para-hydroxylation sites is 1. The van der Waals surface area contributed by atoms with Crippen molar-refractivity contribution in [3.63, 3.8) is 0 Å². The van der Waals surface area contributed by atoms with Gasteiger partial charge in [0.15, 0.2) is 0 Å². The molecule has 1 heterocycles. The van der Waals surface area contributed by atoms with Gasteiger partial charge in [0.2, 0.25) is 5.91 Å². The highest BCUT2D eigenvalue weighted by Gasteiger charge is 2.30. The number of aromatic nitrogens is 2. The number of rotatable bonds is 10. The quantitative estimate of drug-likeness (QED) is 0.376. The van der Waals surface area contributed by atoms with E-state index in [9.17, 15) is 9.59 Å². The molecule has 3 rings (SSSR count). The first-order valence-corrected chi connectivity index (χ1v) is 12.1. The molecule has 35 heavy (non-hydrogen) atoms. The van der Waals surface area contributed by atoms with Crippen molar-refractivity contribution >= 4 is 16.8 Å². The molecule has 0 aliphatic heterocycles. The first kappa shape index (κ1) is 26.4. The summed E-state index contributed by atoms with van der Waals surface area (Å²) >= 11 is 0. The van der Waals surface area contributed by atoms with Gasteiger partial charge in [0.05, 0.1) is 29.7 Å². The molecule has 7 nitrogen and oxygen atoms in total. The molecule has 0 saturated carbocycles. The van der Waals surface area contributed by atoms with E-state index in [1.54, 1.807) is 24.9 Å². The van der Waals surface area contributed by atoms with Gasteiger partial charge in [-0.1, -0.05) is 39.8 Å². The van der Waals surface area contributed by atoms with Crippen molar-refractivity contribution in [1.29, 1.82) is 0 Å². The molecule has 0 fully saturated rings. The van der Waals surface area contributed by atoms with Crippen LogP contribution in [0.4, 0.5) is 0 Å². The van der Waals surface area contributed by atoms with Gasteiger partial charge in [-0.3, -0.25) is 14.2 Å². The fraction of sp³-hybridized carbons (Fsp3) is 0.464. The molecule has 0 bridgehead atoms. The molecular weight excluding hydrogens is 442 g/mol. The first-order chi connectivity index (χ1) is 16.7. The third kappa shape index (κ3) is 6.28. The second-order valence-electron chi connectivity index (χ2n) is 9.92. The number of hydrogen-bond acceptors (Lipinski definition) is 5. The van der Waals surface area contributed by atoms with E-state index in [4.69, 9.17) is 14.5 Å². The van der Waals surface area contributed by atoms with Crippen LogP contribution < -0.4 is 10.3 Å². The number of amides is 1. The van der Waals surface area contributed by atoms with E-state index in [1.165, 1.54) is 0 Å². The Labute approximate surface area is 207 Å². The van der Waals surface area contributed by atoms with Gasteiger partial charge >= 0.3 is 0 Å². The summed E-state index contributed by atoms with van der Waals surface area (Å²) in [5.74, 6) is 1.30. The Bertz CT molecular complexity index is 1200. The molecule has 7 heteroatoms. The van der Waals surface area contributed by atoms with Crippen molar-refractivity contribution in [2.24, 2.45) is 5.41 Å². The van der Waals surface area contributed by atoms with E-state index in [2.05, 4.69) is 20.8 Å². The third-order valence-electron chi connectivity index (χ3n) is 5.94. The lowest BCUT2D eigenvalue weighted by Gasteiger charge is -2.34. The Morgan fingerprint density at radius 3 is 2.37 bits per heavy atom. The summed E-state index contributed by atoms with van der Waals surface area (Å²) in [6.45, 7) is 9.26. The summed E-state index contributed by atoms with van der Waals surface area (Å²) in [6, 6.07) is 14.3. The minimum absolute atomic E-state index is 0.0455. The molecule has 0 saturated heterocycles. The first-order valence-electron chi connectivity index (χ1n) is 12.1. The number of nitrogens with zero attached hydrogens (tertiary/aromatic N) is 3. The molecule has 1 aromatic heterocycles. The van der Waals surface area contributed by atoms with Crippen molar-refractivity contribution in [1.82, 2.24) is 14.5 Å². The van der Waals surface area contributed by atoms with Gasteiger partial charge in [-0.05, 0) is 54.7 Å². The van der Waals surface area contributed by atoms with Crippen LogP contribution in [0.25, 0.3) is 16.6 Å². The molecular formula is C28H37N3O4. The maximum absolute atomic E-state index is 13.8. The smallest absolute Gasteiger partial charge is 0.266 e. The summed E-state index contributed by atoms with van der Waals surface area (Å²) in [7, 11) is 3.26. The number of carbonyl (C=O) groups is 1. The number of methoxy groups -OCH3 is 2. The number of fused-ring (bicyclic) bond motifs is 1. The van der Waals surface area contributed by atoms with Gasteiger partial charge in [-0.2, -0.15) is 0 Å². The largest absolute Gasteiger partial charge is 0.497 e. The molecule has 0 N–H and O–H groups in total. The average molecular weight is 480 g/mol. The molecule has 1 atom stereocenters. The van der Waals surface area contributed by atoms with Crippen molar-refractivity contribution in [2.45, 2.75) is 53.0 Å². The highest BCUT2D eigenvalue weighted by molar-refractivity contribution is 5.79. The molecule has 1 amide bonds.